The van der Waals surface area contributed by atoms with E-state index >= 15 is 0 Å². The highest BCUT2D eigenvalue weighted by molar-refractivity contribution is 9.10. The summed E-state index contributed by atoms with van der Waals surface area (Å²) >= 11 is 9.99. The van der Waals surface area contributed by atoms with Gasteiger partial charge in [0.2, 0.25) is 0 Å². The summed E-state index contributed by atoms with van der Waals surface area (Å²) in [6, 6.07) is 6.22. The van der Waals surface area contributed by atoms with E-state index < -0.39 is 0 Å². The minimum Gasteiger partial charge on any atom is -0.271 e. The maximum absolute atomic E-state index is 6.38. The summed E-state index contributed by atoms with van der Waals surface area (Å²) in [7, 11) is 0. The molecule has 1 atom stereocenters. The Balaban J connectivity index is 2.35. The quantitative estimate of drug-likeness (QED) is 0.622. The molecule has 114 valence electrons. The van der Waals surface area contributed by atoms with Crippen molar-refractivity contribution in [3.63, 3.8) is 0 Å². The average molecular weight is 372 g/mol. The van der Waals surface area contributed by atoms with E-state index in [2.05, 4.69) is 58.5 Å². The van der Waals surface area contributed by atoms with Gasteiger partial charge < -0.3 is 0 Å². The zero-order valence-electron chi connectivity index (χ0n) is 12.5. The molecule has 2 rings (SSSR count). The van der Waals surface area contributed by atoms with Crippen molar-refractivity contribution in [1.29, 1.82) is 0 Å². The van der Waals surface area contributed by atoms with Crippen LogP contribution in [0.4, 0.5) is 0 Å². The van der Waals surface area contributed by atoms with E-state index in [4.69, 9.17) is 17.4 Å². The molecule has 0 fully saturated rings. The van der Waals surface area contributed by atoms with Gasteiger partial charge in [0.05, 0.1) is 22.5 Å². The van der Waals surface area contributed by atoms with E-state index in [1.54, 1.807) is 0 Å². The van der Waals surface area contributed by atoms with Crippen LogP contribution >= 0.6 is 27.5 Å². The maximum Gasteiger partial charge on any atom is 0.0847 e. The summed E-state index contributed by atoms with van der Waals surface area (Å²) < 4.78 is 2.98. The Morgan fingerprint density at radius 2 is 2.14 bits per heavy atom. The number of hydrogen-bond donors (Lipinski definition) is 2. The number of rotatable bonds is 5. The normalized spacial score (nSPS) is 12.7. The third kappa shape index (κ3) is 3.48. The summed E-state index contributed by atoms with van der Waals surface area (Å²) in [6.07, 6.45) is 0.686. The van der Waals surface area contributed by atoms with Gasteiger partial charge >= 0.3 is 0 Å². The highest BCUT2D eigenvalue weighted by Gasteiger charge is 2.20. The zero-order valence-corrected chi connectivity index (χ0v) is 14.8. The Hall–Kier alpha value is -0.880. The second-order valence-electron chi connectivity index (χ2n) is 5.11. The van der Waals surface area contributed by atoms with Crippen LogP contribution in [0.25, 0.3) is 0 Å². The Labute approximate surface area is 138 Å². The fourth-order valence-electron chi connectivity index (χ4n) is 2.43. The minimum absolute atomic E-state index is 0.0288. The van der Waals surface area contributed by atoms with Crippen molar-refractivity contribution in [2.45, 2.75) is 39.8 Å². The monoisotopic (exact) mass is 370 g/mol. The van der Waals surface area contributed by atoms with E-state index in [9.17, 15) is 0 Å². The summed E-state index contributed by atoms with van der Waals surface area (Å²) in [5.41, 5.74) is 7.06. The molecular formula is C15H20BrClN4. The number of hydrazine groups is 1. The number of nitrogens with two attached hydrogens (primary N) is 1. The molecule has 0 amide bonds. The molecule has 1 aromatic heterocycles. The number of aromatic nitrogens is 2. The molecule has 0 spiro atoms. The van der Waals surface area contributed by atoms with Crippen LogP contribution in [0.5, 0.6) is 0 Å². The third-order valence-electron chi connectivity index (χ3n) is 3.58. The summed E-state index contributed by atoms with van der Waals surface area (Å²) in [6.45, 7) is 6.82. The van der Waals surface area contributed by atoms with Crippen molar-refractivity contribution >= 4 is 27.5 Å². The SMILES string of the molecule is CCn1nc(C)c(Cl)c1CC(NN)c1ccc(C)cc1Br. The van der Waals surface area contributed by atoms with Gasteiger partial charge in [-0.1, -0.05) is 39.7 Å². The zero-order chi connectivity index (χ0) is 15.6. The third-order valence-corrected chi connectivity index (χ3v) is 4.76. The van der Waals surface area contributed by atoms with Crippen LogP contribution in [0.2, 0.25) is 5.02 Å². The molecule has 21 heavy (non-hydrogen) atoms. The van der Waals surface area contributed by atoms with E-state index in [1.165, 1.54) is 5.56 Å². The standard InChI is InChI=1S/C15H20BrClN4/c1-4-21-14(15(17)10(3)20-21)8-13(19-18)11-6-5-9(2)7-12(11)16/h5-7,13,19H,4,8,18H2,1-3H3. The number of hydrogen-bond acceptors (Lipinski definition) is 3. The smallest absolute Gasteiger partial charge is 0.0847 e. The topological polar surface area (TPSA) is 55.9 Å². The van der Waals surface area contributed by atoms with E-state index in [0.29, 0.717) is 6.42 Å². The highest BCUT2D eigenvalue weighted by atomic mass is 79.9. The van der Waals surface area contributed by atoms with Gasteiger partial charge in [0, 0.05) is 17.4 Å². The summed E-state index contributed by atoms with van der Waals surface area (Å²) in [4.78, 5) is 0. The fourth-order valence-corrected chi connectivity index (χ4v) is 3.41. The van der Waals surface area contributed by atoms with Crippen LogP contribution in [0.1, 0.15) is 35.5 Å². The minimum atomic E-state index is -0.0288. The van der Waals surface area contributed by atoms with Gasteiger partial charge in [-0.25, -0.2) is 0 Å². The second kappa shape index (κ2) is 6.92. The van der Waals surface area contributed by atoms with Crippen molar-refractivity contribution in [2.75, 3.05) is 0 Å². The van der Waals surface area contributed by atoms with Crippen LogP contribution in [-0.2, 0) is 13.0 Å². The predicted octanol–water partition coefficient (Wildman–Crippen LogP) is 3.68. The number of halogens is 2. The van der Waals surface area contributed by atoms with Crippen LogP contribution in [0, 0.1) is 13.8 Å². The first kappa shape index (κ1) is 16.5. The number of benzene rings is 1. The molecule has 0 bridgehead atoms. The molecule has 0 saturated carbocycles. The predicted molar refractivity (Wildman–Crippen MR) is 90.3 cm³/mol. The first-order chi connectivity index (χ1) is 9.97. The molecule has 2 aromatic rings. The Morgan fingerprint density at radius 3 is 2.71 bits per heavy atom. The Bertz CT molecular complexity index is 639. The fraction of sp³-hybridized carbons (Fsp3) is 0.400. The largest absolute Gasteiger partial charge is 0.271 e. The van der Waals surface area contributed by atoms with Gasteiger partial charge in [-0.05, 0) is 38.0 Å². The molecule has 0 aliphatic heterocycles. The van der Waals surface area contributed by atoms with Crippen molar-refractivity contribution in [3.8, 4) is 0 Å². The molecule has 1 heterocycles. The summed E-state index contributed by atoms with van der Waals surface area (Å²) in [5, 5.41) is 5.17. The van der Waals surface area contributed by atoms with E-state index in [1.807, 2.05) is 11.6 Å². The van der Waals surface area contributed by atoms with Crippen molar-refractivity contribution < 1.29 is 0 Å². The molecule has 0 aliphatic rings. The lowest BCUT2D eigenvalue weighted by Gasteiger charge is -2.19. The van der Waals surface area contributed by atoms with Crippen LogP contribution in [0.15, 0.2) is 22.7 Å². The number of nitrogens with one attached hydrogen (secondary N) is 1. The highest BCUT2D eigenvalue weighted by Crippen LogP contribution is 2.30. The lowest BCUT2D eigenvalue weighted by Crippen LogP contribution is -2.30. The molecule has 0 radical (unpaired) electrons. The number of aryl methyl sites for hydroxylation is 3. The molecule has 6 heteroatoms. The van der Waals surface area contributed by atoms with Crippen LogP contribution in [0.3, 0.4) is 0 Å². The van der Waals surface area contributed by atoms with E-state index in [-0.39, 0.29) is 6.04 Å². The van der Waals surface area contributed by atoms with E-state index in [0.717, 1.165) is 33.0 Å². The molecule has 1 aromatic carbocycles. The molecule has 1 unspecified atom stereocenters. The van der Waals surface area contributed by atoms with Gasteiger partial charge in [-0.2, -0.15) is 5.10 Å². The van der Waals surface area contributed by atoms with Crippen LogP contribution in [-0.4, -0.2) is 9.78 Å². The van der Waals surface area contributed by atoms with Gasteiger partial charge in [0.1, 0.15) is 0 Å². The average Bonchev–Trinajstić information content (AvgIpc) is 2.72. The molecule has 4 nitrogen and oxygen atoms in total. The molecule has 0 aliphatic carbocycles. The van der Waals surface area contributed by atoms with Crippen LogP contribution < -0.4 is 11.3 Å². The lowest BCUT2D eigenvalue weighted by molar-refractivity contribution is 0.515. The number of nitrogens with zero attached hydrogens (tertiary/aromatic N) is 2. The van der Waals surface area contributed by atoms with Gasteiger partial charge in [-0.3, -0.25) is 16.0 Å². The second-order valence-corrected chi connectivity index (χ2v) is 6.34. The lowest BCUT2D eigenvalue weighted by atomic mass is 10.0. The molecular weight excluding hydrogens is 352 g/mol. The maximum atomic E-state index is 6.38. The van der Waals surface area contributed by atoms with Crippen molar-refractivity contribution in [2.24, 2.45) is 5.84 Å². The van der Waals surface area contributed by atoms with Crippen molar-refractivity contribution in [3.05, 3.63) is 50.2 Å². The molecule has 3 N–H and O–H groups in total. The van der Waals surface area contributed by atoms with Gasteiger partial charge in [-0.15, -0.1) is 0 Å². The van der Waals surface area contributed by atoms with Gasteiger partial charge in [0.25, 0.3) is 0 Å². The Morgan fingerprint density at radius 1 is 1.43 bits per heavy atom. The van der Waals surface area contributed by atoms with Gasteiger partial charge in [0.15, 0.2) is 0 Å². The van der Waals surface area contributed by atoms with Crippen molar-refractivity contribution in [1.82, 2.24) is 15.2 Å². The molecule has 0 saturated heterocycles. The summed E-state index contributed by atoms with van der Waals surface area (Å²) in [5.74, 6) is 5.76. The first-order valence-electron chi connectivity index (χ1n) is 6.91. The first-order valence-corrected chi connectivity index (χ1v) is 8.09. The Kier molecular flexibility index (Phi) is 5.43.